The minimum atomic E-state index is -4.49. The molecular weight excluding hydrogens is 473 g/mol. The van der Waals surface area contributed by atoms with Crippen LogP contribution in [0.25, 0.3) is 11.0 Å². The lowest BCUT2D eigenvalue weighted by molar-refractivity contribution is -0.153. The number of hydrogen-bond acceptors (Lipinski definition) is 6. The fourth-order valence-electron chi connectivity index (χ4n) is 3.16. The molecule has 8 nitrogen and oxygen atoms in total. The summed E-state index contributed by atoms with van der Waals surface area (Å²) in [5.41, 5.74) is 1.60. The second kappa shape index (κ2) is 11.0. The van der Waals surface area contributed by atoms with Crippen LogP contribution in [0.4, 0.5) is 18.0 Å². The molecule has 0 unspecified atom stereocenters. The van der Waals surface area contributed by atoms with Gasteiger partial charge in [-0.3, -0.25) is 9.19 Å². The molecule has 0 spiro atoms. The molecule has 0 aliphatic heterocycles. The molecule has 1 atom stereocenters. The molecular formula is C22H25F3N4O4S. The number of amides is 1. The summed E-state index contributed by atoms with van der Waals surface area (Å²) in [6.45, 7) is 3.14. The first-order valence-corrected chi connectivity index (χ1v) is 11.8. The number of imidazole rings is 1. The van der Waals surface area contributed by atoms with Gasteiger partial charge < -0.3 is 14.4 Å². The number of carbonyl (C=O) groups excluding carboxylic acids is 1. The van der Waals surface area contributed by atoms with Crippen LogP contribution in [0, 0.1) is 6.92 Å². The standard InChI is InChI=1S/C22H25F3N4O4S/c1-4-32-12-11-28(3)21(30)29-18-8-6-5-7-16(18)27-20(29)34(31)13-17-15(2)19(9-10-26-17)33-14-22(23,24)25/h5-10H,4,11-14H2,1-3H3/t34-/m1/s1. The van der Waals surface area contributed by atoms with Crippen molar-refractivity contribution < 1.29 is 31.6 Å². The number of benzene rings is 1. The third kappa shape index (κ3) is 6.11. The Balaban J connectivity index is 1.90. The maximum absolute atomic E-state index is 13.3. The quantitative estimate of drug-likeness (QED) is 0.416. The molecule has 184 valence electrons. The monoisotopic (exact) mass is 498 g/mol. The molecule has 34 heavy (non-hydrogen) atoms. The first-order valence-electron chi connectivity index (χ1n) is 10.5. The van der Waals surface area contributed by atoms with Crippen molar-refractivity contribution in [3.8, 4) is 5.75 Å². The van der Waals surface area contributed by atoms with Crippen molar-refractivity contribution in [2.24, 2.45) is 0 Å². The van der Waals surface area contributed by atoms with Gasteiger partial charge >= 0.3 is 12.2 Å². The predicted octanol–water partition coefficient (Wildman–Crippen LogP) is 3.93. The highest BCUT2D eigenvalue weighted by Crippen LogP contribution is 2.26. The number of para-hydroxylation sites is 2. The van der Waals surface area contributed by atoms with Crippen molar-refractivity contribution >= 4 is 27.9 Å². The maximum Gasteiger partial charge on any atom is 0.422 e. The molecule has 12 heteroatoms. The van der Waals surface area contributed by atoms with Crippen molar-refractivity contribution in [2.45, 2.75) is 30.9 Å². The largest absolute Gasteiger partial charge is 0.484 e. The van der Waals surface area contributed by atoms with Crippen LogP contribution in [-0.2, 0) is 21.3 Å². The van der Waals surface area contributed by atoms with Gasteiger partial charge in [0.1, 0.15) is 5.75 Å². The normalized spacial score (nSPS) is 12.6. The van der Waals surface area contributed by atoms with Crippen LogP contribution in [0.3, 0.4) is 0 Å². The molecule has 1 amide bonds. The summed E-state index contributed by atoms with van der Waals surface area (Å²) in [6.07, 6.45) is -3.20. The highest BCUT2D eigenvalue weighted by molar-refractivity contribution is 7.84. The molecule has 0 bridgehead atoms. The Kier molecular flexibility index (Phi) is 8.26. The lowest BCUT2D eigenvalue weighted by Crippen LogP contribution is -2.34. The van der Waals surface area contributed by atoms with Crippen molar-refractivity contribution in [1.29, 1.82) is 0 Å². The predicted molar refractivity (Wildman–Crippen MR) is 120 cm³/mol. The van der Waals surface area contributed by atoms with Crippen LogP contribution in [0.2, 0.25) is 0 Å². The molecule has 0 fully saturated rings. The number of ether oxygens (including phenoxy) is 2. The third-order valence-corrected chi connectivity index (χ3v) is 6.16. The SMILES string of the molecule is CCOCCN(C)C(=O)n1c([S@](=O)Cc2nccc(OCC(F)(F)F)c2C)nc2ccccc21. The number of carbonyl (C=O) groups is 1. The number of halogens is 3. The van der Waals surface area contributed by atoms with Gasteiger partial charge in [0, 0.05) is 32.0 Å². The van der Waals surface area contributed by atoms with E-state index < -0.39 is 29.6 Å². The molecule has 0 saturated carbocycles. The smallest absolute Gasteiger partial charge is 0.422 e. The minimum absolute atomic E-state index is 0.000406. The van der Waals surface area contributed by atoms with E-state index in [1.807, 2.05) is 6.92 Å². The Hall–Kier alpha value is -2.99. The zero-order valence-electron chi connectivity index (χ0n) is 19.0. The Bertz CT molecular complexity index is 1180. The van der Waals surface area contributed by atoms with Crippen LogP contribution in [0.1, 0.15) is 18.2 Å². The van der Waals surface area contributed by atoms with Crippen LogP contribution in [0.5, 0.6) is 5.75 Å². The average Bonchev–Trinajstić information content (AvgIpc) is 3.18. The Morgan fingerprint density at radius 2 is 1.97 bits per heavy atom. The zero-order chi connectivity index (χ0) is 24.9. The van der Waals surface area contributed by atoms with Crippen LogP contribution in [0.15, 0.2) is 41.7 Å². The molecule has 0 saturated heterocycles. The number of aromatic nitrogens is 3. The van der Waals surface area contributed by atoms with Crippen molar-refractivity contribution in [3.63, 3.8) is 0 Å². The second-order valence-electron chi connectivity index (χ2n) is 7.39. The van der Waals surface area contributed by atoms with E-state index in [2.05, 4.69) is 9.97 Å². The van der Waals surface area contributed by atoms with Gasteiger partial charge in [-0.05, 0) is 32.0 Å². The molecule has 2 aromatic heterocycles. The van der Waals surface area contributed by atoms with Gasteiger partial charge in [0.2, 0.25) is 5.16 Å². The molecule has 3 rings (SSSR count). The summed E-state index contributed by atoms with van der Waals surface area (Å²) in [5, 5.41) is 0.0253. The lowest BCUT2D eigenvalue weighted by atomic mass is 10.2. The summed E-state index contributed by atoms with van der Waals surface area (Å²) >= 11 is 0. The topological polar surface area (TPSA) is 86.6 Å². The van der Waals surface area contributed by atoms with Gasteiger partial charge in [0.25, 0.3) is 0 Å². The van der Waals surface area contributed by atoms with E-state index in [4.69, 9.17) is 9.47 Å². The van der Waals surface area contributed by atoms with E-state index in [1.54, 1.807) is 38.2 Å². The van der Waals surface area contributed by atoms with Crippen LogP contribution < -0.4 is 4.74 Å². The maximum atomic E-state index is 13.3. The number of pyridine rings is 1. The van der Waals surface area contributed by atoms with Gasteiger partial charge in [-0.2, -0.15) is 13.2 Å². The molecule has 0 N–H and O–H groups in total. The molecule has 0 radical (unpaired) electrons. The highest BCUT2D eigenvalue weighted by atomic mass is 32.2. The molecule has 0 aliphatic rings. The van der Waals surface area contributed by atoms with Gasteiger partial charge in [-0.1, -0.05) is 12.1 Å². The number of likely N-dealkylation sites (N-methyl/N-ethyl adjacent to an activating group) is 1. The Morgan fingerprint density at radius 1 is 1.24 bits per heavy atom. The second-order valence-corrected chi connectivity index (χ2v) is 8.74. The summed E-state index contributed by atoms with van der Waals surface area (Å²) in [7, 11) is -0.223. The van der Waals surface area contributed by atoms with E-state index in [-0.39, 0.29) is 22.4 Å². The number of fused-ring (bicyclic) bond motifs is 1. The van der Waals surface area contributed by atoms with Crippen molar-refractivity contribution in [3.05, 3.63) is 47.8 Å². The van der Waals surface area contributed by atoms with E-state index in [0.29, 0.717) is 36.4 Å². The van der Waals surface area contributed by atoms with E-state index in [1.165, 1.54) is 21.7 Å². The van der Waals surface area contributed by atoms with Gasteiger partial charge in [0.05, 0.1) is 39.9 Å². The fraction of sp³-hybridized carbons (Fsp3) is 0.409. The summed E-state index contributed by atoms with van der Waals surface area (Å²) < 4.78 is 62.4. The number of hydrogen-bond donors (Lipinski definition) is 0. The number of nitrogens with zero attached hydrogens (tertiary/aromatic N) is 4. The molecule has 0 aliphatic carbocycles. The Labute approximate surface area is 197 Å². The molecule has 1 aromatic carbocycles. The summed E-state index contributed by atoms with van der Waals surface area (Å²) in [5.74, 6) is -0.159. The number of alkyl halides is 3. The summed E-state index contributed by atoms with van der Waals surface area (Å²) in [6, 6.07) is 7.79. The highest BCUT2D eigenvalue weighted by Gasteiger charge is 2.29. The molecule has 3 aromatic rings. The lowest BCUT2D eigenvalue weighted by Gasteiger charge is -2.19. The Morgan fingerprint density at radius 3 is 2.68 bits per heavy atom. The van der Waals surface area contributed by atoms with Gasteiger partial charge in [-0.25, -0.2) is 14.3 Å². The number of rotatable bonds is 9. The third-order valence-electron chi connectivity index (χ3n) is 4.94. The van der Waals surface area contributed by atoms with E-state index in [9.17, 15) is 22.2 Å². The van der Waals surface area contributed by atoms with E-state index >= 15 is 0 Å². The molecule has 2 heterocycles. The van der Waals surface area contributed by atoms with Crippen molar-refractivity contribution in [1.82, 2.24) is 19.4 Å². The average molecular weight is 499 g/mol. The first kappa shape index (κ1) is 25.6. The summed E-state index contributed by atoms with van der Waals surface area (Å²) in [4.78, 5) is 23.2. The van der Waals surface area contributed by atoms with Crippen LogP contribution >= 0.6 is 0 Å². The van der Waals surface area contributed by atoms with Gasteiger partial charge in [-0.15, -0.1) is 0 Å². The van der Waals surface area contributed by atoms with E-state index in [0.717, 1.165) is 0 Å². The van der Waals surface area contributed by atoms with Crippen LogP contribution in [-0.4, -0.2) is 69.3 Å². The van der Waals surface area contributed by atoms with Gasteiger partial charge in [0.15, 0.2) is 6.61 Å². The minimum Gasteiger partial charge on any atom is -0.484 e. The zero-order valence-corrected chi connectivity index (χ0v) is 19.8. The fourth-order valence-corrected chi connectivity index (χ4v) is 4.41. The first-order chi connectivity index (χ1) is 16.1. The van der Waals surface area contributed by atoms with Crippen molar-refractivity contribution in [2.75, 3.05) is 33.4 Å².